The van der Waals surface area contributed by atoms with Gasteiger partial charge in [0.2, 0.25) is 5.91 Å². The van der Waals surface area contributed by atoms with Crippen LogP contribution >= 0.6 is 11.3 Å². The fraction of sp³-hybridized carbons (Fsp3) is 0.280. The standard InChI is InChI=1S/C25H28N8O2S/c1-3-19(34)31-17-8-10-18(11-9-17)32-23-20(22(27)29-13-30-23)21(26)15-4-6-16(7-5-15)24(35)33-25-28-12-14(2)36-25/h3-7,12-13,17-18,26H,1,8-11H2,2H3,(H,31,34)(H,28,33,35)(H3,27,29,30,32). The van der Waals surface area contributed by atoms with E-state index < -0.39 is 0 Å². The van der Waals surface area contributed by atoms with Crippen molar-refractivity contribution in [1.82, 2.24) is 20.3 Å². The number of aromatic nitrogens is 3. The number of nitrogens with zero attached hydrogens (tertiary/aromatic N) is 3. The third-order valence-electron chi connectivity index (χ3n) is 6.00. The van der Waals surface area contributed by atoms with Crippen molar-refractivity contribution in [3.8, 4) is 0 Å². The van der Waals surface area contributed by atoms with Crippen LogP contribution in [-0.2, 0) is 4.79 Å². The molecule has 10 nitrogen and oxygen atoms in total. The first-order valence-corrected chi connectivity index (χ1v) is 12.4. The molecule has 0 unspecified atom stereocenters. The van der Waals surface area contributed by atoms with Gasteiger partial charge in [0.05, 0.1) is 11.3 Å². The Morgan fingerprint density at radius 2 is 1.75 bits per heavy atom. The molecule has 0 spiro atoms. The van der Waals surface area contributed by atoms with Gasteiger partial charge in [-0.25, -0.2) is 15.0 Å². The third-order valence-corrected chi connectivity index (χ3v) is 6.83. The number of hydrogen-bond acceptors (Lipinski definition) is 9. The number of nitrogens with one attached hydrogen (secondary N) is 4. The molecular formula is C25H28N8O2S. The number of carbonyl (C=O) groups excluding carboxylic acids is 2. The molecule has 0 radical (unpaired) electrons. The molecule has 0 atom stereocenters. The number of carbonyl (C=O) groups is 2. The first-order valence-electron chi connectivity index (χ1n) is 11.6. The Morgan fingerprint density at radius 3 is 2.39 bits per heavy atom. The van der Waals surface area contributed by atoms with Gasteiger partial charge in [-0.05, 0) is 50.8 Å². The van der Waals surface area contributed by atoms with Crippen molar-refractivity contribution < 1.29 is 9.59 Å². The summed E-state index contributed by atoms with van der Waals surface area (Å²) in [6, 6.07) is 6.97. The number of anilines is 3. The van der Waals surface area contributed by atoms with Crippen LogP contribution in [0.5, 0.6) is 0 Å². The van der Waals surface area contributed by atoms with Gasteiger partial charge in [0.1, 0.15) is 18.0 Å². The van der Waals surface area contributed by atoms with Crippen LogP contribution in [0.3, 0.4) is 0 Å². The van der Waals surface area contributed by atoms with Crippen LogP contribution in [0.2, 0.25) is 0 Å². The zero-order valence-electron chi connectivity index (χ0n) is 19.9. The van der Waals surface area contributed by atoms with Crippen molar-refractivity contribution in [2.45, 2.75) is 44.7 Å². The molecule has 1 fully saturated rings. The van der Waals surface area contributed by atoms with Crippen molar-refractivity contribution in [2.24, 2.45) is 0 Å². The Labute approximate surface area is 213 Å². The summed E-state index contributed by atoms with van der Waals surface area (Å²) in [5, 5.41) is 18.5. The predicted octanol–water partition coefficient (Wildman–Crippen LogP) is 3.52. The number of thiazole rings is 1. The summed E-state index contributed by atoms with van der Waals surface area (Å²) in [5.74, 6) is 0.261. The van der Waals surface area contributed by atoms with Crippen LogP contribution in [-0.4, -0.2) is 44.6 Å². The summed E-state index contributed by atoms with van der Waals surface area (Å²) in [5.41, 5.74) is 7.77. The van der Waals surface area contributed by atoms with Crippen LogP contribution < -0.4 is 21.7 Å². The second-order valence-electron chi connectivity index (χ2n) is 8.57. The molecule has 1 aromatic carbocycles. The number of rotatable bonds is 8. The van der Waals surface area contributed by atoms with Gasteiger partial charge in [-0.2, -0.15) is 0 Å². The minimum atomic E-state index is -0.271. The quantitative estimate of drug-likeness (QED) is 0.232. The highest BCUT2D eigenvalue weighted by atomic mass is 32.1. The lowest BCUT2D eigenvalue weighted by atomic mass is 9.91. The van der Waals surface area contributed by atoms with Crippen LogP contribution in [0.15, 0.2) is 49.4 Å². The number of benzene rings is 1. The summed E-state index contributed by atoms with van der Waals surface area (Å²) in [6.45, 7) is 5.42. The van der Waals surface area contributed by atoms with Crippen molar-refractivity contribution in [3.63, 3.8) is 0 Å². The lowest BCUT2D eigenvalue weighted by Crippen LogP contribution is -2.39. The number of nitrogens with two attached hydrogens (primary N) is 1. The molecule has 6 N–H and O–H groups in total. The predicted molar refractivity (Wildman–Crippen MR) is 142 cm³/mol. The average Bonchev–Trinajstić information content (AvgIpc) is 3.29. The summed E-state index contributed by atoms with van der Waals surface area (Å²) in [4.78, 5) is 37.7. The third kappa shape index (κ3) is 5.92. The van der Waals surface area contributed by atoms with Crippen LogP contribution in [0.25, 0.3) is 0 Å². The lowest BCUT2D eigenvalue weighted by molar-refractivity contribution is -0.117. The van der Waals surface area contributed by atoms with Gasteiger partial charge in [-0.3, -0.25) is 20.3 Å². The van der Waals surface area contributed by atoms with Gasteiger partial charge in [-0.1, -0.05) is 18.7 Å². The Morgan fingerprint density at radius 1 is 1.08 bits per heavy atom. The van der Waals surface area contributed by atoms with Crippen LogP contribution in [0.4, 0.5) is 16.8 Å². The van der Waals surface area contributed by atoms with E-state index in [1.54, 1.807) is 30.5 Å². The Bertz CT molecular complexity index is 1280. The van der Waals surface area contributed by atoms with Crippen molar-refractivity contribution >= 4 is 45.6 Å². The van der Waals surface area contributed by atoms with Gasteiger partial charge in [0, 0.05) is 34.3 Å². The van der Waals surface area contributed by atoms with Crippen molar-refractivity contribution in [2.75, 3.05) is 16.4 Å². The molecule has 0 bridgehead atoms. The molecule has 0 saturated heterocycles. The lowest BCUT2D eigenvalue weighted by Gasteiger charge is -2.30. The minimum Gasteiger partial charge on any atom is -0.383 e. The highest BCUT2D eigenvalue weighted by molar-refractivity contribution is 7.15. The molecule has 186 valence electrons. The average molecular weight is 505 g/mol. The largest absolute Gasteiger partial charge is 0.383 e. The van der Waals surface area contributed by atoms with E-state index in [-0.39, 0.29) is 35.4 Å². The molecule has 36 heavy (non-hydrogen) atoms. The molecule has 3 aromatic rings. The van der Waals surface area contributed by atoms with E-state index in [4.69, 9.17) is 11.1 Å². The van der Waals surface area contributed by atoms with Crippen molar-refractivity contribution in [1.29, 1.82) is 5.41 Å². The fourth-order valence-electron chi connectivity index (χ4n) is 4.11. The topological polar surface area (TPSA) is 159 Å². The maximum absolute atomic E-state index is 12.5. The van der Waals surface area contributed by atoms with E-state index in [1.807, 2.05) is 6.92 Å². The molecule has 11 heteroatoms. The molecule has 2 amide bonds. The van der Waals surface area contributed by atoms with E-state index in [2.05, 4.69) is 37.5 Å². The van der Waals surface area contributed by atoms with E-state index in [0.29, 0.717) is 27.6 Å². The van der Waals surface area contributed by atoms with E-state index in [9.17, 15) is 9.59 Å². The normalized spacial score (nSPS) is 17.1. The zero-order chi connectivity index (χ0) is 25.7. The van der Waals surface area contributed by atoms with E-state index >= 15 is 0 Å². The van der Waals surface area contributed by atoms with Gasteiger partial charge in [0.15, 0.2) is 5.13 Å². The number of amides is 2. The highest BCUT2D eigenvalue weighted by Gasteiger charge is 2.24. The van der Waals surface area contributed by atoms with E-state index in [1.165, 1.54) is 23.7 Å². The molecule has 2 aromatic heterocycles. The molecule has 0 aliphatic heterocycles. The van der Waals surface area contributed by atoms with Crippen molar-refractivity contribution in [3.05, 3.63) is 71.0 Å². The number of hydrogen-bond donors (Lipinski definition) is 5. The number of nitrogen functional groups attached to an aromatic ring is 1. The Hall–Kier alpha value is -4.12. The SMILES string of the molecule is C=CC(=O)NC1CCC(Nc2ncnc(N)c2C(=N)c2ccc(C(=O)Nc3ncc(C)s3)cc2)CC1. The van der Waals surface area contributed by atoms with Crippen LogP contribution in [0, 0.1) is 12.3 Å². The maximum Gasteiger partial charge on any atom is 0.257 e. The Kier molecular flexibility index (Phi) is 7.69. The van der Waals surface area contributed by atoms with E-state index in [0.717, 1.165) is 30.6 Å². The molecule has 1 saturated carbocycles. The molecule has 1 aliphatic carbocycles. The molecule has 1 aliphatic rings. The highest BCUT2D eigenvalue weighted by Crippen LogP contribution is 2.27. The smallest absolute Gasteiger partial charge is 0.257 e. The van der Waals surface area contributed by atoms with Gasteiger partial charge < -0.3 is 16.4 Å². The summed E-state index contributed by atoms with van der Waals surface area (Å²) in [7, 11) is 0. The van der Waals surface area contributed by atoms with Crippen LogP contribution in [0.1, 0.15) is 52.0 Å². The molecule has 4 rings (SSSR count). The zero-order valence-corrected chi connectivity index (χ0v) is 20.7. The minimum absolute atomic E-state index is 0.122. The molecule has 2 heterocycles. The second-order valence-corrected chi connectivity index (χ2v) is 9.81. The summed E-state index contributed by atoms with van der Waals surface area (Å²) < 4.78 is 0. The molecular weight excluding hydrogens is 476 g/mol. The fourth-order valence-corrected chi connectivity index (χ4v) is 4.76. The second kappa shape index (κ2) is 11.1. The van der Waals surface area contributed by atoms with Gasteiger partial charge in [0.25, 0.3) is 5.91 Å². The summed E-state index contributed by atoms with van der Waals surface area (Å²) >= 11 is 1.40. The first-order chi connectivity index (χ1) is 17.3. The Balaban J connectivity index is 1.44. The van der Waals surface area contributed by atoms with Gasteiger partial charge in [-0.15, -0.1) is 11.3 Å². The first kappa shape index (κ1) is 25.0. The summed E-state index contributed by atoms with van der Waals surface area (Å²) in [6.07, 6.45) is 7.69. The van der Waals surface area contributed by atoms with Gasteiger partial charge >= 0.3 is 0 Å². The monoisotopic (exact) mass is 504 g/mol. The maximum atomic E-state index is 12.5. The number of aryl methyl sites for hydroxylation is 1.